The summed E-state index contributed by atoms with van der Waals surface area (Å²) in [7, 11) is 0. The van der Waals surface area contributed by atoms with E-state index in [1.807, 2.05) is 12.2 Å². The van der Waals surface area contributed by atoms with Gasteiger partial charge in [-0.1, -0.05) is 12.2 Å². The van der Waals surface area contributed by atoms with Crippen LogP contribution in [0.4, 0.5) is 0 Å². The standard InChI is InChI=1S/C9H10O3/c1-5(10)12-9-7-4-2-3-6(7)8(9)11/h2,4,6-7,9H,3H2,1H3/t6-,7+,9?/m0/s1. The molecular formula is C9H10O3. The highest BCUT2D eigenvalue weighted by atomic mass is 16.5. The summed E-state index contributed by atoms with van der Waals surface area (Å²) in [6, 6.07) is 0. The van der Waals surface area contributed by atoms with Gasteiger partial charge in [-0.25, -0.2) is 0 Å². The van der Waals surface area contributed by atoms with E-state index >= 15 is 0 Å². The van der Waals surface area contributed by atoms with Crippen molar-refractivity contribution in [1.82, 2.24) is 0 Å². The molecule has 1 fully saturated rings. The third-order valence-corrected chi connectivity index (χ3v) is 2.50. The van der Waals surface area contributed by atoms with E-state index in [1.165, 1.54) is 6.92 Å². The van der Waals surface area contributed by atoms with E-state index in [0.717, 1.165) is 6.42 Å². The maximum absolute atomic E-state index is 11.3. The van der Waals surface area contributed by atoms with Gasteiger partial charge in [0.2, 0.25) is 0 Å². The quantitative estimate of drug-likeness (QED) is 0.425. The van der Waals surface area contributed by atoms with Crippen molar-refractivity contribution >= 4 is 11.8 Å². The lowest BCUT2D eigenvalue weighted by molar-refractivity contribution is -0.168. The van der Waals surface area contributed by atoms with Crippen molar-refractivity contribution in [3.63, 3.8) is 0 Å². The number of allylic oxidation sites excluding steroid dienone is 1. The van der Waals surface area contributed by atoms with Crippen LogP contribution in [0.1, 0.15) is 13.3 Å². The summed E-state index contributed by atoms with van der Waals surface area (Å²) in [5, 5.41) is 0. The molecule has 0 amide bonds. The number of Topliss-reactive ketones (excluding diaryl/α,β-unsaturated/α-hetero) is 1. The van der Waals surface area contributed by atoms with Crippen molar-refractivity contribution in [2.24, 2.45) is 11.8 Å². The topological polar surface area (TPSA) is 43.4 Å². The molecule has 3 atom stereocenters. The summed E-state index contributed by atoms with van der Waals surface area (Å²) in [6.07, 6.45) is 4.30. The zero-order valence-corrected chi connectivity index (χ0v) is 6.82. The van der Waals surface area contributed by atoms with Gasteiger partial charge in [0.05, 0.1) is 0 Å². The van der Waals surface area contributed by atoms with Gasteiger partial charge in [0.15, 0.2) is 11.9 Å². The predicted octanol–water partition coefficient (Wildman–Crippen LogP) is 0.693. The van der Waals surface area contributed by atoms with Gasteiger partial charge < -0.3 is 4.74 Å². The molecule has 3 heteroatoms. The van der Waals surface area contributed by atoms with Crippen LogP contribution in [-0.2, 0) is 14.3 Å². The van der Waals surface area contributed by atoms with E-state index < -0.39 is 6.10 Å². The van der Waals surface area contributed by atoms with Gasteiger partial charge in [-0.3, -0.25) is 9.59 Å². The van der Waals surface area contributed by atoms with Crippen molar-refractivity contribution in [3.05, 3.63) is 12.2 Å². The van der Waals surface area contributed by atoms with Crippen LogP contribution < -0.4 is 0 Å². The van der Waals surface area contributed by atoms with Gasteiger partial charge in [-0.15, -0.1) is 0 Å². The summed E-state index contributed by atoms with van der Waals surface area (Å²) in [4.78, 5) is 21.8. The van der Waals surface area contributed by atoms with Crippen molar-refractivity contribution < 1.29 is 14.3 Å². The molecule has 1 saturated carbocycles. The number of rotatable bonds is 1. The third-order valence-electron chi connectivity index (χ3n) is 2.50. The first-order valence-corrected chi connectivity index (χ1v) is 4.08. The van der Waals surface area contributed by atoms with Gasteiger partial charge in [-0.2, -0.15) is 0 Å². The lowest BCUT2D eigenvalue weighted by atomic mass is 9.72. The van der Waals surface area contributed by atoms with Crippen LogP contribution in [0.5, 0.6) is 0 Å². The number of ether oxygens (including phenoxy) is 1. The molecule has 0 aromatic carbocycles. The number of carbonyl (C=O) groups excluding carboxylic acids is 2. The summed E-state index contributed by atoms with van der Waals surface area (Å²) in [5.74, 6) is -0.0111. The van der Waals surface area contributed by atoms with Crippen molar-refractivity contribution in [2.75, 3.05) is 0 Å². The Bertz CT molecular complexity index is 267. The molecule has 2 aliphatic carbocycles. The first-order chi connectivity index (χ1) is 5.70. The van der Waals surface area contributed by atoms with Crippen molar-refractivity contribution in [1.29, 1.82) is 0 Å². The lowest BCUT2D eigenvalue weighted by Gasteiger charge is -2.36. The molecule has 12 heavy (non-hydrogen) atoms. The maximum atomic E-state index is 11.3. The number of hydrogen-bond donors (Lipinski definition) is 0. The summed E-state index contributed by atoms with van der Waals surface area (Å²) in [5.41, 5.74) is 0. The van der Waals surface area contributed by atoms with Crippen molar-refractivity contribution in [2.45, 2.75) is 19.4 Å². The molecule has 1 unspecified atom stereocenters. The first kappa shape index (κ1) is 7.53. The van der Waals surface area contributed by atoms with Gasteiger partial charge in [0, 0.05) is 18.8 Å². The summed E-state index contributed by atoms with van der Waals surface area (Å²) < 4.78 is 4.87. The molecule has 0 spiro atoms. The minimum atomic E-state index is -0.480. The Morgan fingerprint density at radius 3 is 3.08 bits per heavy atom. The van der Waals surface area contributed by atoms with E-state index in [-0.39, 0.29) is 23.6 Å². The maximum Gasteiger partial charge on any atom is 0.303 e. The molecule has 0 aliphatic heterocycles. The SMILES string of the molecule is CC(=O)OC1C(=O)[C@H]2CC=C[C@@H]12. The Balaban J connectivity index is 2.04. The monoisotopic (exact) mass is 166 g/mol. The van der Waals surface area contributed by atoms with Gasteiger partial charge in [0.1, 0.15) is 0 Å². The van der Waals surface area contributed by atoms with E-state index in [1.54, 1.807) is 0 Å². The molecule has 0 heterocycles. The molecule has 0 N–H and O–H groups in total. The molecule has 2 aliphatic rings. The molecule has 64 valence electrons. The molecule has 2 rings (SSSR count). The summed E-state index contributed by atoms with van der Waals surface area (Å²) in [6.45, 7) is 1.33. The lowest BCUT2D eigenvalue weighted by Crippen LogP contribution is -2.51. The first-order valence-electron chi connectivity index (χ1n) is 4.08. The number of carbonyl (C=O) groups is 2. The molecule has 3 nitrogen and oxygen atoms in total. The highest BCUT2D eigenvalue weighted by molar-refractivity contribution is 5.95. The van der Waals surface area contributed by atoms with Crippen LogP contribution in [0, 0.1) is 11.8 Å². The molecule has 0 aromatic heterocycles. The molecule has 0 bridgehead atoms. The second-order valence-corrected chi connectivity index (χ2v) is 3.28. The molecule has 0 radical (unpaired) electrons. The Kier molecular flexibility index (Phi) is 1.53. The fraction of sp³-hybridized carbons (Fsp3) is 0.556. The van der Waals surface area contributed by atoms with Gasteiger partial charge in [-0.05, 0) is 6.42 Å². The minimum Gasteiger partial charge on any atom is -0.454 e. The van der Waals surface area contributed by atoms with Gasteiger partial charge in [0.25, 0.3) is 0 Å². The zero-order chi connectivity index (χ0) is 8.72. The average molecular weight is 166 g/mol. The Hall–Kier alpha value is -1.12. The van der Waals surface area contributed by atoms with Crippen LogP contribution in [0.2, 0.25) is 0 Å². The third kappa shape index (κ3) is 0.891. The Morgan fingerprint density at radius 1 is 1.67 bits per heavy atom. The van der Waals surface area contributed by atoms with Crippen LogP contribution in [0.3, 0.4) is 0 Å². The largest absolute Gasteiger partial charge is 0.454 e. The second kappa shape index (κ2) is 2.44. The number of fused-ring (bicyclic) bond motifs is 1. The highest BCUT2D eigenvalue weighted by Gasteiger charge is 2.51. The Morgan fingerprint density at radius 2 is 2.42 bits per heavy atom. The van der Waals surface area contributed by atoms with Crippen LogP contribution >= 0.6 is 0 Å². The molecule has 0 aromatic rings. The van der Waals surface area contributed by atoms with E-state index in [0.29, 0.717) is 0 Å². The van der Waals surface area contributed by atoms with Crippen LogP contribution in [0.15, 0.2) is 12.2 Å². The van der Waals surface area contributed by atoms with Crippen molar-refractivity contribution in [3.8, 4) is 0 Å². The molecule has 0 saturated heterocycles. The average Bonchev–Trinajstić information content (AvgIpc) is 2.44. The predicted molar refractivity (Wildman–Crippen MR) is 41.3 cm³/mol. The molecular weight excluding hydrogens is 156 g/mol. The van der Waals surface area contributed by atoms with Crippen LogP contribution in [-0.4, -0.2) is 17.9 Å². The number of hydrogen-bond acceptors (Lipinski definition) is 3. The van der Waals surface area contributed by atoms with E-state index in [9.17, 15) is 9.59 Å². The number of ketones is 1. The smallest absolute Gasteiger partial charge is 0.303 e. The second-order valence-electron chi connectivity index (χ2n) is 3.28. The zero-order valence-electron chi connectivity index (χ0n) is 6.82. The minimum absolute atomic E-state index is 0.0835. The fourth-order valence-electron chi connectivity index (χ4n) is 1.89. The Labute approximate surface area is 70.4 Å². The summed E-state index contributed by atoms with van der Waals surface area (Å²) >= 11 is 0. The van der Waals surface area contributed by atoms with E-state index in [2.05, 4.69) is 0 Å². The van der Waals surface area contributed by atoms with E-state index in [4.69, 9.17) is 4.74 Å². The normalized spacial score (nSPS) is 37.4. The van der Waals surface area contributed by atoms with Gasteiger partial charge >= 0.3 is 5.97 Å². The highest BCUT2D eigenvalue weighted by Crippen LogP contribution is 2.41. The fourth-order valence-corrected chi connectivity index (χ4v) is 1.89. The van der Waals surface area contributed by atoms with Crippen LogP contribution in [0.25, 0.3) is 0 Å². The number of esters is 1.